The van der Waals surface area contributed by atoms with E-state index in [1.165, 1.54) is 46.5 Å². The number of fused-ring (bicyclic) bond motifs is 4. The van der Waals surface area contributed by atoms with Crippen molar-refractivity contribution in [1.82, 2.24) is 18.9 Å². The van der Waals surface area contributed by atoms with E-state index in [-0.39, 0.29) is 111 Å². The molecule has 0 saturated heterocycles. The molecule has 0 unspecified atom stereocenters. The molecule has 0 atom stereocenters. The van der Waals surface area contributed by atoms with Crippen LogP contribution in [0.15, 0.2) is 58.4 Å². The van der Waals surface area contributed by atoms with Gasteiger partial charge in [0.25, 0.3) is 11.8 Å². The van der Waals surface area contributed by atoms with Crippen molar-refractivity contribution in [3.05, 3.63) is 125 Å². The number of Topliss-reactive ketones (excluding diaryl/α,β-unsaturated/α-hetero) is 2. The Morgan fingerprint density at radius 2 is 1.12 bits per heavy atom. The first-order valence-corrected chi connectivity index (χ1v) is 21.5. The molecule has 4 heterocycles. The average Bonchev–Trinajstić information content (AvgIpc) is 3.23. The van der Waals surface area contributed by atoms with Gasteiger partial charge in [-0.05, 0) is 79.4 Å². The summed E-state index contributed by atoms with van der Waals surface area (Å²) in [6.45, 7) is 1.90. The first-order chi connectivity index (χ1) is 30.4. The Morgan fingerprint density at radius 1 is 0.723 bits per heavy atom. The minimum Gasteiger partial charge on any atom is -0.868 e. The van der Waals surface area contributed by atoms with Crippen molar-refractivity contribution in [3.63, 3.8) is 0 Å². The summed E-state index contributed by atoms with van der Waals surface area (Å²) in [6.07, 6.45) is 5.22. The van der Waals surface area contributed by atoms with Crippen molar-refractivity contribution in [1.29, 1.82) is 0 Å². The number of ether oxygens (including phenoxy) is 2. The second kappa shape index (κ2) is 19.8. The van der Waals surface area contributed by atoms with E-state index in [0.29, 0.717) is 52.0 Å². The zero-order chi connectivity index (χ0) is 46.4. The van der Waals surface area contributed by atoms with Gasteiger partial charge in [0.1, 0.15) is 17.3 Å². The number of aryl methyl sites for hydroxylation is 2. The van der Waals surface area contributed by atoms with Crippen LogP contribution in [0.3, 0.4) is 0 Å². The molecule has 4 aliphatic rings. The molecule has 2 aliphatic carbocycles. The van der Waals surface area contributed by atoms with E-state index in [4.69, 9.17) is 32.7 Å². The Balaban J connectivity index is 0.000000212. The van der Waals surface area contributed by atoms with Crippen LogP contribution in [0, 0.1) is 23.5 Å². The third-order valence-corrected chi connectivity index (χ3v) is 13.5. The minimum atomic E-state index is -1.00. The number of pyridine rings is 2. The van der Waals surface area contributed by atoms with Gasteiger partial charge in [-0.15, -0.1) is 0 Å². The Labute approximate surface area is 405 Å². The molecule has 2 fully saturated rings. The van der Waals surface area contributed by atoms with Gasteiger partial charge in [0, 0.05) is 79.9 Å². The van der Waals surface area contributed by atoms with E-state index in [0.717, 1.165) is 0 Å². The van der Waals surface area contributed by atoms with Crippen LogP contribution in [0.5, 0.6) is 11.5 Å². The second-order valence-electron chi connectivity index (χ2n) is 17.4. The number of benzene rings is 2. The van der Waals surface area contributed by atoms with Gasteiger partial charge < -0.3 is 38.6 Å². The van der Waals surface area contributed by atoms with Crippen LogP contribution >= 0.6 is 23.2 Å². The Hall–Kier alpha value is -4.42. The zero-order valence-electron chi connectivity index (χ0n) is 36.7. The molecule has 14 nitrogen and oxygen atoms in total. The molecule has 0 radical (unpaired) electrons. The van der Waals surface area contributed by atoms with E-state index >= 15 is 0 Å². The summed E-state index contributed by atoms with van der Waals surface area (Å²) >= 11 is 11.6. The smallest absolute Gasteiger partial charge is 0.868 e. The Kier molecular flexibility index (Phi) is 15.2. The fourth-order valence-corrected chi connectivity index (χ4v) is 10.3. The number of ketones is 2. The van der Waals surface area contributed by atoms with Gasteiger partial charge in [-0.3, -0.25) is 28.8 Å². The molecule has 340 valence electrons. The number of aromatic hydroxyl groups is 1. The molecule has 4 aromatic rings. The summed E-state index contributed by atoms with van der Waals surface area (Å²) in [5.74, 6) is -4.49. The van der Waals surface area contributed by atoms with Gasteiger partial charge >= 0.3 is 29.6 Å². The molecule has 8 rings (SSSR count). The van der Waals surface area contributed by atoms with Gasteiger partial charge in [0.2, 0.25) is 5.43 Å². The van der Waals surface area contributed by atoms with Crippen molar-refractivity contribution >= 4 is 46.6 Å². The minimum absolute atomic E-state index is 0. The van der Waals surface area contributed by atoms with E-state index in [2.05, 4.69) is 0 Å². The maximum atomic E-state index is 14.2. The van der Waals surface area contributed by atoms with Crippen LogP contribution in [0.4, 0.5) is 8.78 Å². The van der Waals surface area contributed by atoms with Crippen molar-refractivity contribution in [3.8, 4) is 11.5 Å². The quantitative estimate of drug-likeness (QED) is 0.164. The molecule has 19 heteroatoms. The fraction of sp³-hybridized carbons (Fsp3) is 0.435. The van der Waals surface area contributed by atoms with Crippen LogP contribution in [-0.4, -0.2) is 102 Å². The monoisotopic (exact) mass is 946 g/mol. The molecular weight excluding hydrogens is 900 g/mol. The fourth-order valence-electron chi connectivity index (χ4n) is 9.92. The summed E-state index contributed by atoms with van der Waals surface area (Å²) in [5, 5.41) is 23.4. The van der Waals surface area contributed by atoms with Crippen LogP contribution < -0.4 is 45.5 Å². The molecule has 0 bridgehead atoms. The van der Waals surface area contributed by atoms with Crippen molar-refractivity contribution in [2.24, 2.45) is 11.8 Å². The van der Waals surface area contributed by atoms with Crippen LogP contribution in [0.2, 0.25) is 10.0 Å². The van der Waals surface area contributed by atoms with Crippen LogP contribution in [0.25, 0.3) is 0 Å². The van der Waals surface area contributed by atoms with Gasteiger partial charge in [-0.2, -0.15) is 0 Å². The molecule has 2 aromatic carbocycles. The first-order valence-electron chi connectivity index (χ1n) is 20.7. The summed E-state index contributed by atoms with van der Waals surface area (Å²) in [4.78, 5) is 79.6. The van der Waals surface area contributed by atoms with Crippen molar-refractivity contribution in [2.45, 2.75) is 62.4 Å². The Bertz CT molecular complexity index is 2500. The van der Waals surface area contributed by atoms with Crippen LogP contribution in [0.1, 0.15) is 91.3 Å². The molecule has 1 N–H and O–H groups in total. The third kappa shape index (κ3) is 9.32. The summed E-state index contributed by atoms with van der Waals surface area (Å²) in [7, 11) is 6.46. The molecule has 2 spiro atoms. The number of aromatic nitrogens is 2. The van der Waals surface area contributed by atoms with Gasteiger partial charge in [-0.25, -0.2) is 8.78 Å². The van der Waals surface area contributed by atoms with Crippen molar-refractivity contribution < 1.29 is 77.2 Å². The molecule has 65 heavy (non-hydrogen) atoms. The number of hydrogen-bond acceptors (Lipinski definition) is 10. The number of halogens is 4. The zero-order valence-corrected chi connectivity index (χ0v) is 40.2. The van der Waals surface area contributed by atoms with E-state index in [1.807, 2.05) is 0 Å². The number of carbonyl (C=O) groups excluding carboxylic acids is 4. The summed E-state index contributed by atoms with van der Waals surface area (Å²) < 4.78 is 41.9. The van der Waals surface area contributed by atoms with E-state index in [9.17, 15) is 47.8 Å². The molecule has 2 aliphatic heterocycles. The third-order valence-electron chi connectivity index (χ3n) is 12.9. The number of rotatable bonds is 12. The number of methoxy groups -OCH3 is 2. The number of amides is 2. The predicted molar refractivity (Wildman–Crippen MR) is 230 cm³/mol. The topological polar surface area (TPSA) is 181 Å². The van der Waals surface area contributed by atoms with Crippen molar-refractivity contribution in [2.75, 3.05) is 54.6 Å². The maximum Gasteiger partial charge on any atom is 1.00 e. The van der Waals surface area contributed by atoms with Gasteiger partial charge in [0.05, 0.1) is 32.3 Å². The standard InChI is InChI=1S/2C23H24ClFN2O5.Na/c2*1-26-12-23(8-13(9-23)11-32-2)27-10-15(20(29)21(30)19(27)22(26)31)17(28)7-6-14-4-3-5-16(24)18(14)25;/h2*3-5,10,13,30H,6-9,11-12H2,1-2H3;/q;;+1/p-1. The normalized spacial score (nSPS) is 21.7. The average molecular weight is 948 g/mol. The summed E-state index contributed by atoms with van der Waals surface area (Å²) in [6, 6.07) is 9.03. The Morgan fingerprint density at radius 3 is 1.55 bits per heavy atom. The van der Waals surface area contributed by atoms with Gasteiger partial charge in [-0.1, -0.05) is 47.5 Å². The number of likely N-dealkylation sites (N-methyl/N-ethyl adjacent to an activating group) is 2. The molecular formula is C46H47Cl2F2N4NaO10. The van der Waals surface area contributed by atoms with E-state index < -0.39 is 68.4 Å². The summed E-state index contributed by atoms with van der Waals surface area (Å²) in [5.41, 5.74) is -3.23. The number of carbonyl (C=O) groups is 4. The number of hydrogen-bond donors (Lipinski definition) is 1. The van der Waals surface area contributed by atoms with Gasteiger partial charge in [0.15, 0.2) is 28.4 Å². The first kappa shape index (κ1) is 50.0. The van der Waals surface area contributed by atoms with E-state index in [1.54, 1.807) is 49.6 Å². The second-order valence-corrected chi connectivity index (χ2v) is 18.2. The molecule has 2 aromatic heterocycles. The van der Waals surface area contributed by atoms with Crippen LogP contribution in [-0.2, 0) is 33.4 Å². The largest absolute Gasteiger partial charge is 1.00 e. The SMILES string of the molecule is COCC1CC2(C1)CN(C)C(=O)c1c(O)c(=O)c(C(=O)CCc3cccc(Cl)c3F)cn12.COCC1CC2(C1)CN(C)C(=O)c1c([O-])c(=O)c(C(=O)CCc3cccc(Cl)c3F)cn12.[Na+]. The number of nitrogens with zero attached hydrogens (tertiary/aromatic N) is 4. The molecule has 2 saturated carbocycles. The molecule has 2 amide bonds. The predicted octanol–water partition coefficient (Wildman–Crippen LogP) is 2.37. The maximum absolute atomic E-state index is 14.2.